The van der Waals surface area contributed by atoms with Gasteiger partial charge < -0.3 is 9.73 Å². The second kappa shape index (κ2) is 5.56. The molecule has 1 rings (SSSR count). The van der Waals surface area contributed by atoms with Gasteiger partial charge in [0, 0.05) is 11.8 Å². The first-order valence-electron chi connectivity index (χ1n) is 5.29. The van der Waals surface area contributed by atoms with Crippen LogP contribution in [0.15, 0.2) is 22.1 Å². The molecule has 15 heavy (non-hydrogen) atoms. The van der Waals surface area contributed by atoms with Crippen molar-refractivity contribution in [2.24, 2.45) is 5.41 Å². The summed E-state index contributed by atoms with van der Waals surface area (Å²) in [6.45, 7) is 9.87. The molecule has 0 saturated carbocycles. The predicted octanol–water partition coefficient (Wildman–Crippen LogP) is 2.79. The third-order valence-electron chi connectivity index (χ3n) is 2.28. The maximum absolute atomic E-state index is 5.20. The van der Waals surface area contributed by atoms with Crippen molar-refractivity contribution in [1.82, 2.24) is 10.3 Å². The number of rotatable bonds is 5. The molecule has 0 fully saturated rings. The quantitative estimate of drug-likeness (QED) is 0.786. The zero-order valence-corrected chi connectivity index (χ0v) is 10.7. The van der Waals surface area contributed by atoms with E-state index in [0.717, 1.165) is 17.5 Å². The fourth-order valence-electron chi connectivity index (χ4n) is 1.30. The van der Waals surface area contributed by atoms with Gasteiger partial charge in [0.15, 0.2) is 0 Å². The highest BCUT2D eigenvalue weighted by Crippen LogP contribution is 2.25. The predicted molar refractivity (Wildman–Crippen MR) is 64.1 cm³/mol. The highest BCUT2D eigenvalue weighted by atomic mass is 32.2. The summed E-state index contributed by atoms with van der Waals surface area (Å²) in [6.07, 6.45) is 3.29. The molecule has 0 aliphatic heterocycles. The number of thioether (sulfide) groups is 1. The average molecular weight is 228 g/mol. The molecule has 0 amide bonds. The van der Waals surface area contributed by atoms with E-state index in [1.807, 2.05) is 0 Å². The number of hydrogen-bond acceptors (Lipinski definition) is 4. The van der Waals surface area contributed by atoms with E-state index in [2.05, 4.69) is 38.0 Å². The van der Waals surface area contributed by atoms with E-state index >= 15 is 0 Å². The Kier molecular flexibility index (Phi) is 4.67. The average Bonchev–Trinajstić information content (AvgIpc) is 2.62. The van der Waals surface area contributed by atoms with Gasteiger partial charge in [-0.05, 0) is 12.0 Å². The molecule has 1 N–H and O–H groups in total. The molecule has 0 aliphatic carbocycles. The lowest BCUT2D eigenvalue weighted by molar-refractivity contribution is 0.295. The van der Waals surface area contributed by atoms with Crippen LogP contribution in [0.1, 0.15) is 27.7 Å². The van der Waals surface area contributed by atoms with Crippen molar-refractivity contribution in [3.05, 3.63) is 12.5 Å². The summed E-state index contributed by atoms with van der Waals surface area (Å²) >= 11 is 1.66. The van der Waals surface area contributed by atoms with Gasteiger partial charge in [-0.1, -0.05) is 39.5 Å². The Bertz CT molecular complexity index is 267. The standard InChI is InChI=1S/C11H20N2OS/c1-5-12-9(11(2,3)4)8-15-10-13-6-7-14-10/h6-7,9,12H,5,8H2,1-4H3. The second-order valence-corrected chi connectivity index (χ2v) is 5.56. The van der Waals surface area contributed by atoms with E-state index in [4.69, 9.17) is 4.42 Å². The third kappa shape index (κ3) is 4.26. The second-order valence-electron chi connectivity index (χ2n) is 4.59. The number of nitrogens with zero attached hydrogens (tertiary/aromatic N) is 1. The molecular formula is C11H20N2OS. The molecule has 1 unspecified atom stereocenters. The molecule has 1 aromatic rings. The monoisotopic (exact) mass is 228 g/mol. The minimum Gasteiger partial charge on any atom is -0.440 e. The molecule has 4 heteroatoms. The molecule has 3 nitrogen and oxygen atoms in total. The zero-order chi connectivity index (χ0) is 11.3. The van der Waals surface area contributed by atoms with Crippen molar-refractivity contribution in [1.29, 1.82) is 0 Å². The number of oxazole rings is 1. The van der Waals surface area contributed by atoms with E-state index < -0.39 is 0 Å². The van der Waals surface area contributed by atoms with Crippen LogP contribution < -0.4 is 5.32 Å². The normalized spacial score (nSPS) is 14.1. The molecular weight excluding hydrogens is 208 g/mol. The van der Waals surface area contributed by atoms with Crippen molar-refractivity contribution >= 4 is 11.8 Å². The highest BCUT2D eigenvalue weighted by molar-refractivity contribution is 7.99. The van der Waals surface area contributed by atoms with Crippen LogP contribution in [-0.4, -0.2) is 23.3 Å². The lowest BCUT2D eigenvalue weighted by atomic mass is 9.88. The largest absolute Gasteiger partial charge is 0.440 e. The van der Waals surface area contributed by atoms with Crippen LogP contribution in [0, 0.1) is 5.41 Å². The molecule has 1 aromatic heterocycles. The van der Waals surface area contributed by atoms with Gasteiger partial charge in [0.05, 0.1) is 6.20 Å². The molecule has 0 bridgehead atoms. The molecule has 0 spiro atoms. The van der Waals surface area contributed by atoms with Gasteiger partial charge in [-0.25, -0.2) is 4.98 Å². The highest BCUT2D eigenvalue weighted by Gasteiger charge is 2.24. The summed E-state index contributed by atoms with van der Waals surface area (Å²) in [5, 5.41) is 4.25. The first-order valence-corrected chi connectivity index (χ1v) is 6.28. The molecule has 1 heterocycles. The van der Waals surface area contributed by atoms with Crippen LogP contribution >= 0.6 is 11.8 Å². The van der Waals surface area contributed by atoms with Gasteiger partial charge in [0.1, 0.15) is 6.26 Å². The van der Waals surface area contributed by atoms with E-state index in [0.29, 0.717) is 6.04 Å². The molecule has 0 saturated heterocycles. The maximum Gasteiger partial charge on any atom is 0.255 e. The number of nitrogens with one attached hydrogen (secondary N) is 1. The van der Waals surface area contributed by atoms with E-state index in [-0.39, 0.29) is 5.41 Å². The van der Waals surface area contributed by atoms with Crippen molar-refractivity contribution in [2.45, 2.75) is 39.0 Å². The summed E-state index contributed by atoms with van der Waals surface area (Å²) in [7, 11) is 0. The molecule has 0 aromatic carbocycles. The number of hydrogen-bond donors (Lipinski definition) is 1. The first kappa shape index (κ1) is 12.6. The van der Waals surface area contributed by atoms with Crippen molar-refractivity contribution < 1.29 is 4.42 Å². The van der Waals surface area contributed by atoms with Gasteiger partial charge >= 0.3 is 0 Å². The smallest absolute Gasteiger partial charge is 0.255 e. The summed E-state index contributed by atoms with van der Waals surface area (Å²) in [6, 6.07) is 0.472. The van der Waals surface area contributed by atoms with Gasteiger partial charge in [0.25, 0.3) is 5.22 Å². The van der Waals surface area contributed by atoms with Gasteiger partial charge in [-0.3, -0.25) is 0 Å². The van der Waals surface area contributed by atoms with Gasteiger partial charge in [-0.2, -0.15) is 0 Å². The van der Waals surface area contributed by atoms with E-state index in [9.17, 15) is 0 Å². The van der Waals surface area contributed by atoms with Crippen LogP contribution in [0.4, 0.5) is 0 Å². The fraction of sp³-hybridized carbons (Fsp3) is 0.727. The van der Waals surface area contributed by atoms with Crippen molar-refractivity contribution in [3.63, 3.8) is 0 Å². The Balaban J connectivity index is 2.45. The van der Waals surface area contributed by atoms with Crippen LogP contribution in [0.2, 0.25) is 0 Å². The topological polar surface area (TPSA) is 38.1 Å². The van der Waals surface area contributed by atoms with Crippen LogP contribution in [-0.2, 0) is 0 Å². The fourth-order valence-corrected chi connectivity index (χ4v) is 2.48. The minimum atomic E-state index is 0.260. The lowest BCUT2D eigenvalue weighted by Crippen LogP contribution is -2.42. The summed E-state index contributed by atoms with van der Waals surface area (Å²) in [5.74, 6) is 0.984. The maximum atomic E-state index is 5.20. The summed E-state index contributed by atoms with van der Waals surface area (Å²) < 4.78 is 5.20. The van der Waals surface area contributed by atoms with Gasteiger partial charge in [-0.15, -0.1) is 0 Å². The molecule has 1 atom stereocenters. The zero-order valence-electron chi connectivity index (χ0n) is 9.91. The molecule has 86 valence electrons. The van der Waals surface area contributed by atoms with Crippen molar-refractivity contribution in [3.8, 4) is 0 Å². The molecule has 0 radical (unpaired) electrons. The molecule has 0 aliphatic rings. The number of aromatic nitrogens is 1. The minimum absolute atomic E-state index is 0.260. The Labute approximate surface area is 96.0 Å². The van der Waals surface area contributed by atoms with E-state index in [1.54, 1.807) is 24.2 Å². The van der Waals surface area contributed by atoms with Crippen LogP contribution in [0.5, 0.6) is 0 Å². The Morgan fingerprint density at radius 3 is 2.73 bits per heavy atom. The van der Waals surface area contributed by atoms with E-state index in [1.165, 1.54) is 0 Å². The van der Waals surface area contributed by atoms with Crippen LogP contribution in [0.25, 0.3) is 0 Å². The van der Waals surface area contributed by atoms with Gasteiger partial charge in [0.2, 0.25) is 0 Å². The lowest BCUT2D eigenvalue weighted by Gasteiger charge is -2.30. The first-order chi connectivity index (χ1) is 7.04. The third-order valence-corrected chi connectivity index (χ3v) is 3.23. The van der Waals surface area contributed by atoms with Crippen molar-refractivity contribution in [2.75, 3.05) is 12.3 Å². The van der Waals surface area contributed by atoms with Crippen LogP contribution in [0.3, 0.4) is 0 Å². The Morgan fingerprint density at radius 1 is 1.53 bits per heavy atom. The summed E-state index contributed by atoms with van der Waals surface area (Å²) in [4.78, 5) is 4.10. The summed E-state index contributed by atoms with van der Waals surface area (Å²) in [5.41, 5.74) is 0.260. The Morgan fingerprint density at radius 2 is 2.27 bits per heavy atom. The Hall–Kier alpha value is -0.480. The SMILES string of the molecule is CCNC(CSc1ncco1)C(C)(C)C.